The first-order valence-electron chi connectivity index (χ1n) is 9.26. The van der Waals surface area contributed by atoms with Gasteiger partial charge in [0.25, 0.3) is 0 Å². The summed E-state index contributed by atoms with van der Waals surface area (Å²) in [5.41, 5.74) is 1.00. The molecule has 4 nitrogen and oxygen atoms in total. The lowest BCUT2D eigenvalue weighted by Crippen LogP contribution is -2.06. The molecule has 0 radical (unpaired) electrons. The van der Waals surface area contributed by atoms with Crippen LogP contribution in [0.1, 0.15) is 51.4 Å². The van der Waals surface area contributed by atoms with Crippen molar-refractivity contribution in [1.82, 2.24) is 9.97 Å². The molecule has 2 aromatic carbocycles. The predicted molar refractivity (Wildman–Crippen MR) is 101 cm³/mol. The standard InChI is InChI=1S/C22H16F4N2O2/c23-19-6-5-16(22(24,25)26)9-18(19)20-27-10-12(11-28-20)7-15-4-3-14(13-1-2-13)8-17(15)21(29)30/h3-6,8-11,13H,1-2,7H2,(H,29,30). The van der Waals surface area contributed by atoms with Gasteiger partial charge in [-0.3, -0.25) is 0 Å². The molecule has 1 aliphatic rings. The molecule has 1 N–H and O–H groups in total. The second-order valence-corrected chi connectivity index (χ2v) is 7.28. The third-order valence-electron chi connectivity index (χ3n) is 5.05. The fourth-order valence-electron chi connectivity index (χ4n) is 3.30. The molecular formula is C22H16F4N2O2. The minimum atomic E-state index is -4.61. The number of carbonyl (C=O) groups is 1. The van der Waals surface area contributed by atoms with E-state index in [0.717, 1.165) is 24.5 Å². The van der Waals surface area contributed by atoms with E-state index in [1.807, 2.05) is 6.07 Å². The number of hydrogen-bond acceptors (Lipinski definition) is 3. The summed E-state index contributed by atoms with van der Waals surface area (Å²) in [4.78, 5) is 19.6. The van der Waals surface area contributed by atoms with E-state index in [9.17, 15) is 27.5 Å². The number of nitrogens with zero attached hydrogens (tertiary/aromatic N) is 2. The largest absolute Gasteiger partial charge is 0.478 e. The number of aromatic nitrogens is 2. The van der Waals surface area contributed by atoms with Crippen LogP contribution in [0.2, 0.25) is 0 Å². The van der Waals surface area contributed by atoms with Crippen LogP contribution in [0.15, 0.2) is 48.8 Å². The van der Waals surface area contributed by atoms with Crippen LogP contribution in [0.4, 0.5) is 17.6 Å². The molecule has 30 heavy (non-hydrogen) atoms. The van der Waals surface area contributed by atoms with Crippen molar-refractivity contribution in [3.05, 3.63) is 82.4 Å². The van der Waals surface area contributed by atoms with Gasteiger partial charge in [-0.15, -0.1) is 0 Å². The van der Waals surface area contributed by atoms with Gasteiger partial charge in [-0.1, -0.05) is 12.1 Å². The first-order valence-corrected chi connectivity index (χ1v) is 9.26. The van der Waals surface area contributed by atoms with Gasteiger partial charge in [0, 0.05) is 18.8 Å². The second-order valence-electron chi connectivity index (χ2n) is 7.28. The van der Waals surface area contributed by atoms with Gasteiger partial charge in [0.2, 0.25) is 0 Å². The molecule has 3 aromatic rings. The Bertz CT molecular complexity index is 1110. The highest BCUT2D eigenvalue weighted by atomic mass is 19.4. The SMILES string of the molecule is O=C(O)c1cc(C2CC2)ccc1Cc1cnc(-c2cc(C(F)(F)F)ccc2F)nc1. The van der Waals surface area contributed by atoms with Gasteiger partial charge in [0.05, 0.1) is 16.7 Å². The van der Waals surface area contributed by atoms with Crippen molar-refractivity contribution in [2.75, 3.05) is 0 Å². The topological polar surface area (TPSA) is 63.1 Å². The van der Waals surface area contributed by atoms with Crippen molar-refractivity contribution < 1.29 is 27.5 Å². The zero-order chi connectivity index (χ0) is 21.5. The summed E-state index contributed by atoms with van der Waals surface area (Å²) in [7, 11) is 0. The average molecular weight is 416 g/mol. The Morgan fingerprint density at radius 2 is 1.77 bits per heavy atom. The quantitative estimate of drug-likeness (QED) is 0.561. The number of benzene rings is 2. The third kappa shape index (κ3) is 4.17. The van der Waals surface area contributed by atoms with Crippen LogP contribution in [0.3, 0.4) is 0 Å². The molecule has 1 saturated carbocycles. The van der Waals surface area contributed by atoms with Crippen LogP contribution < -0.4 is 0 Å². The second kappa shape index (κ2) is 7.51. The Balaban J connectivity index is 1.60. The van der Waals surface area contributed by atoms with Crippen LogP contribution in [0.25, 0.3) is 11.4 Å². The van der Waals surface area contributed by atoms with Crippen molar-refractivity contribution in [2.45, 2.75) is 31.4 Å². The molecule has 154 valence electrons. The molecule has 1 aromatic heterocycles. The molecule has 0 spiro atoms. The molecule has 0 atom stereocenters. The lowest BCUT2D eigenvalue weighted by atomic mass is 9.97. The number of hydrogen-bond donors (Lipinski definition) is 1. The van der Waals surface area contributed by atoms with Gasteiger partial charge in [-0.25, -0.2) is 19.2 Å². The van der Waals surface area contributed by atoms with E-state index >= 15 is 0 Å². The molecule has 4 rings (SSSR count). The predicted octanol–water partition coefficient (Wildman–Crippen LogP) is 5.47. The normalized spacial score (nSPS) is 14.0. The summed E-state index contributed by atoms with van der Waals surface area (Å²) >= 11 is 0. The molecule has 1 aliphatic carbocycles. The van der Waals surface area contributed by atoms with Gasteiger partial charge in [-0.2, -0.15) is 13.2 Å². The van der Waals surface area contributed by atoms with Crippen molar-refractivity contribution in [3.8, 4) is 11.4 Å². The number of alkyl halides is 3. The number of halogens is 4. The zero-order valence-corrected chi connectivity index (χ0v) is 15.6. The molecular weight excluding hydrogens is 400 g/mol. The molecule has 0 aliphatic heterocycles. The van der Waals surface area contributed by atoms with Crippen LogP contribution in [-0.4, -0.2) is 21.0 Å². The maximum absolute atomic E-state index is 14.0. The lowest BCUT2D eigenvalue weighted by molar-refractivity contribution is -0.137. The summed E-state index contributed by atoms with van der Waals surface area (Å²) in [6.45, 7) is 0. The molecule has 8 heteroatoms. The van der Waals surface area contributed by atoms with Crippen molar-refractivity contribution in [3.63, 3.8) is 0 Å². The first-order chi connectivity index (χ1) is 14.2. The highest BCUT2D eigenvalue weighted by Gasteiger charge is 2.31. The summed E-state index contributed by atoms with van der Waals surface area (Å²) in [5, 5.41) is 9.52. The molecule has 0 saturated heterocycles. The molecule has 1 fully saturated rings. The van der Waals surface area contributed by atoms with E-state index < -0.39 is 23.5 Å². The fraction of sp³-hybridized carbons (Fsp3) is 0.227. The van der Waals surface area contributed by atoms with Gasteiger partial charge in [0.1, 0.15) is 5.82 Å². The van der Waals surface area contributed by atoms with Crippen LogP contribution in [0, 0.1) is 5.82 Å². The highest BCUT2D eigenvalue weighted by Crippen LogP contribution is 2.40. The number of carboxylic acid groups (broad SMARTS) is 1. The van der Waals surface area contributed by atoms with E-state index in [1.54, 1.807) is 12.1 Å². The van der Waals surface area contributed by atoms with Crippen molar-refractivity contribution in [2.24, 2.45) is 0 Å². The first kappa shape index (κ1) is 20.0. The van der Waals surface area contributed by atoms with Crippen LogP contribution in [-0.2, 0) is 12.6 Å². The number of aromatic carboxylic acids is 1. The molecule has 1 heterocycles. The van der Waals surface area contributed by atoms with E-state index in [4.69, 9.17) is 0 Å². The van der Waals surface area contributed by atoms with Crippen molar-refractivity contribution in [1.29, 1.82) is 0 Å². The van der Waals surface area contributed by atoms with Gasteiger partial charge < -0.3 is 5.11 Å². The van der Waals surface area contributed by atoms with Crippen molar-refractivity contribution >= 4 is 5.97 Å². The maximum Gasteiger partial charge on any atom is 0.416 e. The molecule has 0 bridgehead atoms. The molecule has 0 amide bonds. The maximum atomic E-state index is 14.0. The van der Waals surface area contributed by atoms with E-state index in [0.29, 0.717) is 29.2 Å². The molecule has 0 unspecified atom stereocenters. The van der Waals surface area contributed by atoms with E-state index in [-0.39, 0.29) is 23.4 Å². The lowest BCUT2D eigenvalue weighted by Gasteiger charge is -2.10. The van der Waals surface area contributed by atoms with Gasteiger partial charge in [-0.05, 0) is 59.7 Å². The zero-order valence-electron chi connectivity index (χ0n) is 15.6. The Labute approximate surface area is 169 Å². The van der Waals surface area contributed by atoms with Gasteiger partial charge >= 0.3 is 12.1 Å². The van der Waals surface area contributed by atoms with Crippen LogP contribution in [0.5, 0.6) is 0 Å². The highest BCUT2D eigenvalue weighted by molar-refractivity contribution is 5.89. The minimum Gasteiger partial charge on any atom is -0.478 e. The Hall–Kier alpha value is -3.29. The summed E-state index contributed by atoms with van der Waals surface area (Å²) < 4.78 is 52.7. The summed E-state index contributed by atoms with van der Waals surface area (Å²) in [5.74, 6) is -1.65. The van der Waals surface area contributed by atoms with E-state index in [2.05, 4.69) is 9.97 Å². The fourth-order valence-corrected chi connectivity index (χ4v) is 3.30. The minimum absolute atomic E-state index is 0.176. The van der Waals surface area contributed by atoms with Crippen LogP contribution >= 0.6 is 0 Å². The summed E-state index contributed by atoms with van der Waals surface area (Å²) in [6.07, 6.45) is 0.463. The monoisotopic (exact) mass is 416 g/mol. The smallest absolute Gasteiger partial charge is 0.416 e. The Kier molecular flexibility index (Phi) is 5.01. The van der Waals surface area contributed by atoms with Gasteiger partial charge in [0.15, 0.2) is 5.82 Å². The summed E-state index contributed by atoms with van der Waals surface area (Å²) in [6, 6.07) is 7.41. The third-order valence-corrected chi connectivity index (χ3v) is 5.05. The van der Waals surface area contributed by atoms with E-state index in [1.165, 1.54) is 12.4 Å². The number of carboxylic acids is 1. The Morgan fingerprint density at radius 3 is 2.37 bits per heavy atom. The average Bonchev–Trinajstić information content (AvgIpc) is 3.54. The number of rotatable bonds is 5. The Morgan fingerprint density at radius 1 is 1.07 bits per heavy atom.